The van der Waals surface area contributed by atoms with Crippen LogP contribution in [0.25, 0.3) is 0 Å². The van der Waals surface area contributed by atoms with Crippen molar-refractivity contribution in [2.45, 2.75) is 51.1 Å². The lowest BCUT2D eigenvalue weighted by atomic mass is 10.1. The van der Waals surface area contributed by atoms with Crippen molar-refractivity contribution in [1.29, 1.82) is 0 Å². The first-order valence-electron chi connectivity index (χ1n) is 9.73. The van der Waals surface area contributed by atoms with Crippen molar-refractivity contribution in [3.8, 4) is 0 Å². The Morgan fingerprint density at radius 2 is 1.97 bits per heavy atom. The smallest absolute Gasteiger partial charge is 0.332 e. The van der Waals surface area contributed by atoms with Crippen molar-refractivity contribution < 1.29 is 19.1 Å². The molecule has 1 aromatic rings. The van der Waals surface area contributed by atoms with Gasteiger partial charge in [0.05, 0.1) is 4.87 Å². The van der Waals surface area contributed by atoms with Gasteiger partial charge in [0, 0.05) is 25.8 Å². The molecule has 0 aliphatic carbocycles. The van der Waals surface area contributed by atoms with E-state index in [4.69, 9.17) is 10.5 Å². The number of nitrogens with two attached hydrogens (primary N) is 1. The van der Waals surface area contributed by atoms with Gasteiger partial charge in [-0.25, -0.2) is 9.59 Å². The predicted molar refractivity (Wildman–Crippen MR) is 111 cm³/mol. The second kappa shape index (κ2) is 7.93. The summed E-state index contributed by atoms with van der Waals surface area (Å²) < 4.78 is 7.14. The number of nitrogen functional groups attached to an aromatic ring is 1. The third-order valence-corrected chi connectivity index (χ3v) is 6.98. The largest absolute Gasteiger partial charge is 0.456 e. The molecule has 2 N–H and O–H groups in total. The summed E-state index contributed by atoms with van der Waals surface area (Å²) in [5.41, 5.74) is 4.14. The van der Waals surface area contributed by atoms with Gasteiger partial charge in [-0.05, 0) is 19.3 Å². The minimum atomic E-state index is -0.836. The Bertz CT molecular complexity index is 1030. The summed E-state index contributed by atoms with van der Waals surface area (Å²) >= 11 is 1.51. The van der Waals surface area contributed by atoms with Crippen LogP contribution >= 0.6 is 11.8 Å². The van der Waals surface area contributed by atoms with Crippen LogP contribution in [0, 0.1) is 5.92 Å². The van der Waals surface area contributed by atoms with Gasteiger partial charge in [-0.2, -0.15) is 0 Å². The van der Waals surface area contributed by atoms with E-state index in [1.165, 1.54) is 28.3 Å². The van der Waals surface area contributed by atoms with E-state index in [0.717, 1.165) is 4.57 Å². The van der Waals surface area contributed by atoms with Gasteiger partial charge in [0.15, 0.2) is 6.61 Å². The zero-order valence-electron chi connectivity index (χ0n) is 17.5. The van der Waals surface area contributed by atoms with Gasteiger partial charge in [-0.3, -0.25) is 23.5 Å². The SMILES string of the molecule is CC(C)Cn1c(N)c(C(=O)COC(=O)[C@@H]2CS[C@]3(C)CCC(=O)N23)c(=O)n(C)c1=O. The second-order valence-electron chi connectivity index (χ2n) is 8.21. The minimum Gasteiger partial charge on any atom is -0.456 e. The molecule has 0 saturated carbocycles. The first kappa shape index (κ1) is 22.1. The summed E-state index contributed by atoms with van der Waals surface area (Å²) in [5, 5.41) is 0. The Labute approximate surface area is 177 Å². The van der Waals surface area contributed by atoms with Gasteiger partial charge in [0.1, 0.15) is 17.4 Å². The van der Waals surface area contributed by atoms with E-state index < -0.39 is 40.5 Å². The standard InChI is InChI=1S/C19H26N4O6S/c1-10(2)7-22-15(20)14(16(26)21(4)18(22)28)12(24)8-29-17(27)11-9-30-19(3)6-5-13(25)23(11)19/h10-11H,5-9,20H2,1-4H3/t11-,19+/m0/s1. The first-order chi connectivity index (χ1) is 14.0. The number of esters is 1. The lowest BCUT2D eigenvalue weighted by Crippen LogP contribution is -2.47. The fraction of sp³-hybridized carbons (Fsp3) is 0.632. The normalized spacial score (nSPS) is 23.2. The van der Waals surface area contributed by atoms with Crippen LogP contribution in [-0.2, 0) is 27.9 Å². The highest BCUT2D eigenvalue weighted by Gasteiger charge is 2.53. The summed E-state index contributed by atoms with van der Waals surface area (Å²) in [6.45, 7) is 5.18. The maximum atomic E-state index is 12.7. The number of ketones is 1. The topological polar surface area (TPSA) is 134 Å². The van der Waals surface area contributed by atoms with Gasteiger partial charge in [-0.1, -0.05) is 13.8 Å². The van der Waals surface area contributed by atoms with Crippen LogP contribution in [0.3, 0.4) is 0 Å². The minimum absolute atomic E-state index is 0.0513. The molecule has 2 atom stereocenters. The summed E-state index contributed by atoms with van der Waals surface area (Å²) in [4.78, 5) is 63.3. The Morgan fingerprint density at radius 3 is 2.60 bits per heavy atom. The van der Waals surface area contributed by atoms with E-state index in [2.05, 4.69) is 0 Å². The average Bonchev–Trinajstić information content (AvgIpc) is 3.17. The Kier molecular flexibility index (Phi) is 5.85. The molecule has 1 amide bonds. The molecule has 2 aliphatic rings. The molecule has 30 heavy (non-hydrogen) atoms. The highest BCUT2D eigenvalue weighted by atomic mass is 32.2. The van der Waals surface area contributed by atoms with Crippen LogP contribution in [0.5, 0.6) is 0 Å². The lowest BCUT2D eigenvalue weighted by molar-refractivity contribution is -0.152. The molecule has 0 spiro atoms. The van der Waals surface area contributed by atoms with Gasteiger partial charge in [0.25, 0.3) is 5.56 Å². The van der Waals surface area contributed by atoms with E-state index >= 15 is 0 Å². The molecule has 0 aromatic carbocycles. The van der Waals surface area contributed by atoms with Gasteiger partial charge in [-0.15, -0.1) is 11.8 Å². The maximum absolute atomic E-state index is 12.7. The number of Topliss-reactive ketones (excluding diaryl/α,β-unsaturated/α-hetero) is 1. The number of rotatable bonds is 6. The molecule has 1 aromatic heterocycles. The van der Waals surface area contributed by atoms with Crippen molar-refractivity contribution in [2.24, 2.45) is 13.0 Å². The lowest BCUT2D eigenvalue weighted by Gasteiger charge is -2.29. The molecule has 3 heterocycles. The number of hydrogen-bond acceptors (Lipinski definition) is 8. The van der Waals surface area contributed by atoms with Crippen LogP contribution in [0.15, 0.2) is 9.59 Å². The fourth-order valence-electron chi connectivity index (χ4n) is 3.89. The van der Waals surface area contributed by atoms with E-state index in [0.29, 0.717) is 18.6 Å². The molecule has 11 heteroatoms. The highest BCUT2D eigenvalue weighted by molar-refractivity contribution is 8.01. The average molecular weight is 439 g/mol. The number of hydrogen-bond donors (Lipinski definition) is 1. The quantitative estimate of drug-likeness (QED) is 0.483. The number of carbonyl (C=O) groups excluding carboxylic acids is 3. The van der Waals surface area contributed by atoms with Crippen LogP contribution in [-0.4, -0.2) is 55.0 Å². The number of amides is 1. The summed E-state index contributed by atoms with van der Waals surface area (Å²) in [6.07, 6.45) is 1.03. The van der Waals surface area contributed by atoms with Gasteiger partial charge in [0.2, 0.25) is 11.7 Å². The van der Waals surface area contributed by atoms with Crippen molar-refractivity contribution in [3.05, 3.63) is 26.4 Å². The molecule has 0 unspecified atom stereocenters. The molecule has 0 bridgehead atoms. The Balaban J connectivity index is 1.79. The van der Waals surface area contributed by atoms with Crippen LogP contribution in [0.1, 0.15) is 44.0 Å². The van der Waals surface area contributed by atoms with Crippen LogP contribution in [0.2, 0.25) is 0 Å². The molecule has 2 aliphatic heterocycles. The number of ether oxygens (including phenoxy) is 1. The second-order valence-corrected chi connectivity index (χ2v) is 9.71. The van der Waals surface area contributed by atoms with Gasteiger partial charge >= 0.3 is 11.7 Å². The molecule has 0 radical (unpaired) electrons. The molecule has 10 nitrogen and oxygen atoms in total. The molecule has 2 saturated heterocycles. The number of anilines is 1. The number of nitrogens with zero attached hydrogens (tertiary/aromatic N) is 3. The van der Waals surface area contributed by atoms with Crippen molar-refractivity contribution in [2.75, 3.05) is 18.1 Å². The zero-order chi connectivity index (χ0) is 22.4. The van der Waals surface area contributed by atoms with E-state index in [-0.39, 0.29) is 29.8 Å². The van der Waals surface area contributed by atoms with Crippen molar-refractivity contribution in [3.63, 3.8) is 0 Å². The highest BCUT2D eigenvalue weighted by Crippen LogP contribution is 2.47. The van der Waals surface area contributed by atoms with Crippen molar-refractivity contribution in [1.82, 2.24) is 14.0 Å². The van der Waals surface area contributed by atoms with Gasteiger partial charge < -0.3 is 15.4 Å². The molecular weight excluding hydrogens is 412 g/mol. The maximum Gasteiger partial charge on any atom is 0.332 e. The third kappa shape index (κ3) is 3.66. The summed E-state index contributed by atoms with van der Waals surface area (Å²) in [6, 6.07) is -0.766. The summed E-state index contributed by atoms with van der Waals surface area (Å²) in [5.74, 6) is -1.40. The number of aromatic nitrogens is 2. The number of fused-ring (bicyclic) bond motifs is 1. The molecular formula is C19H26N4O6S. The third-order valence-electron chi connectivity index (χ3n) is 5.47. The van der Waals surface area contributed by atoms with Crippen molar-refractivity contribution >= 4 is 35.2 Å². The predicted octanol–water partition coefficient (Wildman–Crippen LogP) is -0.0349. The molecule has 164 valence electrons. The van der Waals surface area contributed by atoms with E-state index in [1.54, 1.807) is 0 Å². The van der Waals surface area contributed by atoms with Crippen LogP contribution in [0.4, 0.5) is 5.82 Å². The molecule has 2 fully saturated rings. The van der Waals surface area contributed by atoms with Crippen LogP contribution < -0.4 is 17.0 Å². The monoisotopic (exact) mass is 438 g/mol. The fourth-order valence-corrected chi connectivity index (χ4v) is 5.30. The number of thioether (sulfide) groups is 1. The first-order valence-corrected chi connectivity index (χ1v) is 10.7. The molecule has 3 rings (SSSR count). The summed E-state index contributed by atoms with van der Waals surface area (Å²) in [7, 11) is 1.26. The zero-order valence-corrected chi connectivity index (χ0v) is 18.3. The Hall–Kier alpha value is -2.56. The van der Waals surface area contributed by atoms with E-state index in [1.807, 2.05) is 20.8 Å². The van der Waals surface area contributed by atoms with E-state index in [9.17, 15) is 24.0 Å². The number of carbonyl (C=O) groups is 3. The Morgan fingerprint density at radius 1 is 1.30 bits per heavy atom.